The van der Waals surface area contributed by atoms with Crippen molar-refractivity contribution in [1.29, 1.82) is 0 Å². The number of nitrogens with zero attached hydrogens (tertiary/aromatic N) is 2. The number of carbonyl (C=O) groups is 1. The van der Waals surface area contributed by atoms with Crippen molar-refractivity contribution in [1.82, 2.24) is 15.1 Å². The second-order valence-corrected chi connectivity index (χ2v) is 6.09. The number of piperidine rings is 1. The molecule has 4 nitrogen and oxygen atoms in total. The van der Waals surface area contributed by atoms with E-state index in [0.29, 0.717) is 5.91 Å². The minimum absolute atomic E-state index is 0.0689. The van der Waals surface area contributed by atoms with Crippen LogP contribution >= 0.6 is 0 Å². The molecule has 1 atom stereocenters. The van der Waals surface area contributed by atoms with Crippen molar-refractivity contribution < 1.29 is 4.79 Å². The molecule has 2 heterocycles. The fourth-order valence-corrected chi connectivity index (χ4v) is 3.25. The summed E-state index contributed by atoms with van der Waals surface area (Å²) >= 11 is 0. The SMILES string of the molecule is O=C([C@@H]1CCCCN1)N1CCN(Cc2ccccc2)CC1. The lowest BCUT2D eigenvalue weighted by molar-refractivity contribution is -0.135. The van der Waals surface area contributed by atoms with Gasteiger partial charge in [-0.3, -0.25) is 9.69 Å². The summed E-state index contributed by atoms with van der Waals surface area (Å²) in [5, 5.41) is 3.36. The summed E-state index contributed by atoms with van der Waals surface area (Å²) in [6.07, 6.45) is 3.38. The van der Waals surface area contributed by atoms with Crippen LogP contribution in [0, 0.1) is 0 Å². The molecule has 0 radical (unpaired) electrons. The third kappa shape index (κ3) is 3.83. The Balaban J connectivity index is 1.47. The van der Waals surface area contributed by atoms with Crippen molar-refractivity contribution in [2.45, 2.75) is 31.8 Å². The highest BCUT2D eigenvalue weighted by atomic mass is 16.2. The highest BCUT2D eigenvalue weighted by Gasteiger charge is 2.28. The molecule has 2 aliphatic heterocycles. The monoisotopic (exact) mass is 287 g/mol. The van der Waals surface area contributed by atoms with Crippen molar-refractivity contribution >= 4 is 5.91 Å². The summed E-state index contributed by atoms with van der Waals surface area (Å²) in [5.41, 5.74) is 1.35. The first kappa shape index (κ1) is 14.5. The predicted octanol–water partition coefficient (Wildman–Crippen LogP) is 1.47. The molecular formula is C17H25N3O. The zero-order valence-electron chi connectivity index (χ0n) is 12.6. The third-order valence-electron chi connectivity index (χ3n) is 4.54. The first-order valence-electron chi connectivity index (χ1n) is 8.11. The fourth-order valence-electron chi connectivity index (χ4n) is 3.25. The summed E-state index contributed by atoms with van der Waals surface area (Å²) in [6, 6.07) is 10.6. The van der Waals surface area contributed by atoms with E-state index in [1.807, 2.05) is 4.90 Å². The lowest BCUT2D eigenvalue weighted by Crippen LogP contribution is -2.54. The van der Waals surface area contributed by atoms with E-state index in [2.05, 4.69) is 40.5 Å². The first-order chi connectivity index (χ1) is 10.3. The molecule has 0 aliphatic carbocycles. The van der Waals surface area contributed by atoms with Gasteiger partial charge in [-0.05, 0) is 24.9 Å². The van der Waals surface area contributed by atoms with Crippen LogP contribution in [0.25, 0.3) is 0 Å². The van der Waals surface area contributed by atoms with Crippen molar-refractivity contribution in [3.8, 4) is 0 Å². The zero-order valence-corrected chi connectivity index (χ0v) is 12.6. The Hall–Kier alpha value is -1.39. The molecule has 114 valence electrons. The summed E-state index contributed by atoms with van der Waals surface area (Å²) in [5.74, 6) is 0.314. The Labute approximate surface area is 127 Å². The lowest BCUT2D eigenvalue weighted by Gasteiger charge is -2.37. The molecule has 1 N–H and O–H groups in total. The van der Waals surface area contributed by atoms with Gasteiger partial charge in [-0.1, -0.05) is 36.8 Å². The van der Waals surface area contributed by atoms with Gasteiger partial charge in [0.25, 0.3) is 0 Å². The maximum absolute atomic E-state index is 12.5. The number of amides is 1. The Morgan fingerprint density at radius 2 is 1.86 bits per heavy atom. The highest BCUT2D eigenvalue weighted by Crippen LogP contribution is 2.13. The average molecular weight is 287 g/mol. The van der Waals surface area contributed by atoms with Crippen LogP contribution in [-0.4, -0.2) is 54.5 Å². The van der Waals surface area contributed by atoms with Crippen molar-refractivity contribution in [3.05, 3.63) is 35.9 Å². The molecule has 0 saturated carbocycles. The van der Waals surface area contributed by atoms with E-state index in [9.17, 15) is 4.79 Å². The molecule has 1 aromatic carbocycles. The minimum atomic E-state index is 0.0689. The Bertz CT molecular complexity index is 448. The normalized spacial score (nSPS) is 24.0. The molecule has 0 unspecified atom stereocenters. The summed E-state index contributed by atoms with van der Waals surface area (Å²) in [4.78, 5) is 16.9. The van der Waals surface area contributed by atoms with Gasteiger partial charge in [0.1, 0.15) is 0 Å². The number of piperazine rings is 1. The second-order valence-electron chi connectivity index (χ2n) is 6.09. The number of nitrogens with one attached hydrogen (secondary N) is 1. The lowest BCUT2D eigenvalue weighted by atomic mass is 10.0. The smallest absolute Gasteiger partial charge is 0.239 e. The van der Waals surface area contributed by atoms with Crippen LogP contribution in [0.3, 0.4) is 0 Å². The summed E-state index contributed by atoms with van der Waals surface area (Å²) in [6.45, 7) is 5.67. The van der Waals surface area contributed by atoms with Crippen LogP contribution in [0.5, 0.6) is 0 Å². The molecule has 21 heavy (non-hydrogen) atoms. The number of hydrogen-bond acceptors (Lipinski definition) is 3. The van der Waals surface area contributed by atoms with Gasteiger partial charge >= 0.3 is 0 Å². The largest absolute Gasteiger partial charge is 0.339 e. The maximum Gasteiger partial charge on any atom is 0.239 e. The molecule has 0 bridgehead atoms. The van der Waals surface area contributed by atoms with Crippen LogP contribution in [0.4, 0.5) is 0 Å². The van der Waals surface area contributed by atoms with E-state index in [0.717, 1.165) is 45.7 Å². The number of benzene rings is 1. The number of hydrogen-bond donors (Lipinski definition) is 1. The van der Waals surface area contributed by atoms with E-state index < -0.39 is 0 Å². The third-order valence-corrected chi connectivity index (χ3v) is 4.54. The van der Waals surface area contributed by atoms with Crippen LogP contribution in [0.1, 0.15) is 24.8 Å². The van der Waals surface area contributed by atoms with Crippen molar-refractivity contribution in [2.75, 3.05) is 32.7 Å². The van der Waals surface area contributed by atoms with Gasteiger partial charge < -0.3 is 10.2 Å². The maximum atomic E-state index is 12.5. The minimum Gasteiger partial charge on any atom is -0.339 e. The molecule has 4 heteroatoms. The molecule has 0 spiro atoms. The summed E-state index contributed by atoms with van der Waals surface area (Å²) < 4.78 is 0. The van der Waals surface area contributed by atoms with Crippen molar-refractivity contribution in [2.24, 2.45) is 0 Å². The zero-order chi connectivity index (χ0) is 14.5. The summed E-state index contributed by atoms with van der Waals surface area (Å²) in [7, 11) is 0. The van der Waals surface area contributed by atoms with E-state index in [-0.39, 0.29) is 6.04 Å². The van der Waals surface area contributed by atoms with E-state index in [1.165, 1.54) is 18.4 Å². The van der Waals surface area contributed by atoms with Gasteiger partial charge in [0.05, 0.1) is 6.04 Å². The number of rotatable bonds is 3. The van der Waals surface area contributed by atoms with Gasteiger partial charge in [0.15, 0.2) is 0 Å². The van der Waals surface area contributed by atoms with Crippen LogP contribution < -0.4 is 5.32 Å². The van der Waals surface area contributed by atoms with E-state index in [4.69, 9.17) is 0 Å². The quantitative estimate of drug-likeness (QED) is 0.914. The van der Waals surface area contributed by atoms with Crippen molar-refractivity contribution in [3.63, 3.8) is 0 Å². The highest BCUT2D eigenvalue weighted by molar-refractivity contribution is 5.82. The van der Waals surface area contributed by atoms with Gasteiger partial charge in [0.2, 0.25) is 5.91 Å². The van der Waals surface area contributed by atoms with Crippen LogP contribution in [-0.2, 0) is 11.3 Å². The Morgan fingerprint density at radius 1 is 1.10 bits per heavy atom. The van der Waals surface area contributed by atoms with Gasteiger partial charge in [-0.25, -0.2) is 0 Å². The molecule has 1 aromatic rings. The average Bonchev–Trinajstić information content (AvgIpc) is 2.57. The molecular weight excluding hydrogens is 262 g/mol. The van der Waals surface area contributed by atoms with Crippen LogP contribution in [0.2, 0.25) is 0 Å². The predicted molar refractivity (Wildman–Crippen MR) is 83.9 cm³/mol. The number of carbonyl (C=O) groups excluding carboxylic acids is 1. The standard InChI is InChI=1S/C17H25N3O/c21-17(16-8-4-5-9-18-16)20-12-10-19(11-13-20)14-15-6-2-1-3-7-15/h1-3,6-7,16,18H,4-5,8-14H2/t16-/m0/s1. The molecule has 2 aliphatic rings. The van der Waals surface area contributed by atoms with Gasteiger partial charge in [-0.15, -0.1) is 0 Å². The Morgan fingerprint density at radius 3 is 2.52 bits per heavy atom. The topological polar surface area (TPSA) is 35.6 Å². The molecule has 1 amide bonds. The van der Waals surface area contributed by atoms with Gasteiger partial charge in [0, 0.05) is 32.7 Å². The van der Waals surface area contributed by atoms with E-state index >= 15 is 0 Å². The Kier molecular flexibility index (Phi) is 4.88. The van der Waals surface area contributed by atoms with Gasteiger partial charge in [-0.2, -0.15) is 0 Å². The molecule has 3 rings (SSSR count). The molecule has 0 aromatic heterocycles. The first-order valence-corrected chi connectivity index (χ1v) is 8.11. The fraction of sp³-hybridized carbons (Fsp3) is 0.588. The van der Waals surface area contributed by atoms with Crippen LogP contribution in [0.15, 0.2) is 30.3 Å². The molecule has 2 fully saturated rings. The second kappa shape index (κ2) is 7.05. The van der Waals surface area contributed by atoms with E-state index in [1.54, 1.807) is 0 Å². The molecule has 2 saturated heterocycles.